The number of carbonyl (C=O) groups is 1. The fraction of sp³-hybridized carbons (Fsp3) is 0.562. The topological polar surface area (TPSA) is 58.8 Å². The maximum Gasteiger partial charge on any atom is 0.260 e. The lowest BCUT2D eigenvalue weighted by atomic mass is 10.1. The summed E-state index contributed by atoms with van der Waals surface area (Å²) >= 11 is 0. The summed E-state index contributed by atoms with van der Waals surface area (Å²) in [5.74, 6) is 0.734. The molecule has 1 aromatic carbocycles. The molecule has 1 saturated heterocycles. The minimum absolute atomic E-state index is 0.0358. The summed E-state index contributed by atoms with van der Waals surface area (Å²) in [7, 11) is 2.10. The number of hydrogen-bond acceptors (Lipinski definition) is 4. The number of benzene rings is 1. The van der Waals surface area contributed by atoms with E-state index in [9.17, 15) is 4.79 Å². The van der Waals surface area contributed by atoms with E-state index in [0.717, 1.165) is 18.7 Å². The summed E-state index contributed by atoms with van der Waals surface area (Å²) in [5.41, 5.74) is 6.59. The van der Waals surface area contributed by atoms with Crippen LogP contribution in [0.5, 0.6) is 5.75 Å². The molecule has 0 radical (unpaired) electrons. The lowest BCUT2D eigenvalue weighted by Crippen LogP contribution is -2.57. The Labute approximate surface area is 126 Å². The van der Waals surface area contributed by atoms with Crippen LogP contribution in [0.4, 0.5) is 0 Å². The van der Waals surface area contributed by atoms with Crippen LogP contribution in [0.15, 0.2) is 24.3 Å². The van der Waals surface area contributed by atoms with Gasteiger partial charge in [0.2, 0.25) is 0 Å². The fourth-order valence-corrected chi connectivity index (χ4v) is 2.65. The molecule has 5 heteroatoms. The first kappa shape index (κ1) is 15.8. The third-order valence-corrected chi connectivity index (χ3v) is 4.26. The van der Waals surface area contributed by atoms with Gasteiger partial charge in [-0.2, -0.15) is 0 Å². The van der Waals surface area contributed by atoms with Crippen molar-refractivity contribution in [3.8, 4) is 5.75 Å². The van der Waals surface area contributed by atoms with E-state index in [4.69, 9.17) is 10.5 Å². The Bertz CT molecular complexity index is 480. The Morgan fingerprint density at radius 3 is 2.52 bits per heavy atom. The second kappa shape index (κ2) is 6.91. The molecule has 0 spiro atoms. The number of likely N-dealkylation sites (N-methyl/N-ethyl adjacent to an activating group) is 1. The molecule has 0 bridgehead atoms. The predicted molar refractivity (Wildman–Crippen MR) is 83.1 cm³/mol. The van der Waals surface area contributed by atoms with Gasteiger partial charge in [-0.25, -0.2) is 0 Å². The van der Waals surface area contributed by atoms with E-state index >= 15 is 0 Å². The van der Waals surface area contributed by atoms with E-state index in [2.05, 4.69) is 25.8 Å². The van der Waals surface area contributed by atoms with E-state index in [1.54, 1.807) is 0 Å². The van der Waals surface area contributed by atoms with Gasteiger partial charge in [0.15, 0.2) is 6.61 Å². The number of hydrogen-bond donors (Lipinski definition) is 1. The lowest BCUT2D eigenvalue weighted by Gasteiger charge is -2.42. The number of ether oxygens (including phenoxy) is 1. The van der Waals surface area contributed by atoms with Crippen LogP contribution < -0.4 is 10.5 Å². The SMILES string of the molecule is CC1CN(C(=O)COc2ccccc2CN)CC(C)N1C. The average molecular weight is 291 g/mol. The molecule has 1 amide bonds. The summed E-state index contributed by atoms with van der Waals surface area (Å²) in [6, 6.07) is 8.31. The highest BCUT2D eigenvalue weighted by Gasteiger charge is 2.29. The summed E-state index contributed by atoms with van der Waals surface area (Å²) < 4.78 is 5.66. The Morgan fingerprint density at radius 1 is 1.29 bits per heavy atom. The van der Waals surface area contributed by atoms with E-state index < -0.39 is 0 Å². The Kier molecular flexibility index (Phi) is 5.20. The molecule has 0 aliphatic carbocycles. The molecule has 2 unspecified atom stereocenters. The monoisotopic (exact) mass is 291 g/mol. The van der Waals surface area contributed by atoms with Gasteiger partial charge in [-0.05, 0) is 27.0 Å². The van der Waals surface area contributed by atoms with E-state index in [-0.39, 0.29) is 12.5 Å². The first-order chi connectivity index (χ1) is 10.0. The molecule has 0 aromatic heterocycles. The number of amides is 1. The molecule has 1 aromatic rings. The normalized spacial score (nSPS) is 23.1. The Hall–Kier alpha value is -1.59. The van der Waals surface area contributed by atoms with Gasteiger partial charge in [0, 0.05) is 37.3 Å². The van der Waals surface area contributed by atoms with Gasteiger partial charge in [0.05, 0.1) is 0 Å². The van der Waals surface area contributed by atoms with Crippen molar-refractivity contribution in [2.45, 2.75) is 32.5 Å². The summed E-state index contributed by atoms with van der Waals surface area (Å²) in [4.78, 5) is 16.5. The van der Waals surface area contributed by atoms with Gasteiger partial charge >= 0.3 is 0 Å². The second-order valence-corrected chi connectivity index (χ2v) is 5.76. The minimum atomic E-state index is 0.0358. The highest BCUT2D eigenvalue weighted by Crippen LogP contribution is 2.18. The standard InChI is InChI=1S/C16H25N3O2/c1-12-9-19(10-13(2)18(12)3)16(20)11-21-15-7-5-4-6-14(15)8-17/h4-7,12-13H,8-11,17H2,1-3H3. The molecular formula is C16H25N3O2. The van der Waals surface area contributed by atoms with Crippen LogP contribution in [0.3, 0.4) is 0 Å². The minimum Gasteiger partial charge on any atom is -0.483 e. The van der Waals surface area contributed by atoms with Crippen LogP contribution >= 0.6 is 0 Å². The van der Waals surface area contributed by atoms with Crippen molar-refractivity contribution in [2.75, 3.05) is 26.7 Å². The molecular weight excluding hydrogens is 266 g/mol. The number of rotatable bonds is 4. The summed E-state index contributed by atoms with van der Waals surface area (Å²) in [6.07, 6.45) is 0. The molecule has 1 heterocycles. The first-order valence-corrected chi connectivity index (χ1v) is 7.43. The molecule has 2 atom stereocenters. The van der Waals surface area contributed by atoms with Gasteiger partial charge in [0.1, 0.15) is 5.75 Å². The number of nitrogens with zero attached hydrogens (tertiary/aromatic N) is 2. The van der Waals surface area contributed by atoms with Crippen molar-refractivity contribution in [2.24, 2.45) is 5.73 Å². The lowest BCUT2D eigenvalue weighted by molar-refractivity contribution is -0.137. The molecule has 116 valence electrons. The van der Waals surface area contributed by atoms with E-state index in [1.165, 1.54) is 0 Å². The Balaban J connectivity index is 1.93. The molecule has 2 rings (SSSR count). The highest BCUT2D eigenvalue weighted by molar-refractivity contribution is 5.78. The number of nitrogens with two attached hydrogens (primary N) is 1. The van der Waals surface area contributed by atoms with Crippen LogP contribution in [-0.4, -0.2) is 54.5 Å². The zero-order valence-electron chi connectivity index (χ0n) is 13.1. The van der Waals surface area contributed by atoms with E-state index in [0.29, 0.717) is 24.4 Å². The van der Waals surface area contributed by atoms with Crippen molar-refractivity contribution in [3.05, 3.63) is 29.8 Å². The van der Waals surface area contributed by atoms with Gasteiger partial charge in [-0.3, -0.25) is 9.69 Å². The largest absolute Gasteiger partial charge is 0.483 e. The van der Waals surface area contributed by atoms with Crippen molar-refractivity contribution in [1.82, 2.24) is 9.80 Å². The van der Waals surface area contributed by atoms with Crippen LogP contribution in [0.25, 0.3) is 0 Å². The van der Waals surface area contributed by atoms with Gasteiger partial charge in [-0.15, -0.1) is 0 Å². The van der Waals surface area contributed by atoms with Crippen molar-refractivity contribution < 1.29 is 9.53 Å². The first-order valence-electron chi connectivity index (χ1n) is 7.43. The van der Waals surface area contributed by atoms with Crippen LogP contribution in [0.2, 0.25) is 0 Å². The summed E-state index contributed by atoms with van der Waals surface area (Å²) in [5, 5.41) is 0. The van der Waals surface area contributed by atoms with E-state index in [1.807, 2.05) is 29.2 Å². The zero-order valence-corrected chi connectivity index (χ0v) is 13.1. The Morgan fingerprint density at radius 2 is 1.90 bits per heavy atom. The van der Waals surface area contributed by atoms with Crippen molar-refractivity contribution in [1.29, 1.82) is 0 Å². The smallest absolute Gasteiger partial charge is 0.260 e. The van der Waals surface area contributed by atoms with Crippen LogP contribution in [0.1, 0.15) is 19.4 Å². The van der Waals surface area contributed by atoms with Crippen LogP contribution in [0, 0.1) is 0 Å². The molecule has 1 fully saturated rings. The third-order valence-electron chi connectivity index (χ3n) is 4.26. The van der Waals surface area contributed by atoms with Crippen molar-refractivity contribution in [3.63, 3.8) is 0 Å². The maximum atomic E-state index is 12.3. The quantitative estimate of drug-likeness (QED) is 0.901. The summed E-state index contributed by atoms with van der Waals surface area (Å²) in [6.45, 7) is 6.26. The number of para-hydroxylation sites is 1. The number of piperazine rings is 1. The number of carbonyl (C=O) groups excluding carboxylic acids is 1. The fourth-order valence-electron chi connectivity index (χ4n) is 2.65. The highest BCUT2D eigenvalue weighted by atomic mass is 16.5. The van der Waals surface area contributed by atoms with Gasteiger partial charge in [-0.1, -0.05) is 18.2 Å². The maximum absolute atomic E-state index is 12.3. The second-order valence-electron chi connectivity index (χ2n) is 5.76. The van der Waals surface area contributed by atoms with Crippen LogP contribution in [-0.2, 0) is 11.3 Å². The molecule has 2 N–H and O–H groups in total. The molecule has 1 aliphatic rings. The molecule has 0 saturated carbocycles. The van der Waals surface area contributed by atoms with Gasteiger partial charge < -0.3 is 15.4 Å². The van der Waals surface area contributed by atoms with Crippen molar-refractivity contribution >= 4 is 5.91 Å². The molecule has 21 heavy (non-hydrogen) atoms. The average Bonchev–Trinajstić information content (AvgIpc) is 2.49. The van der Waals surface area contributed by atoms with Gasteiger partial charge in [0.25, 0.3) is 5.91 Å². The zero-order chi connectivity index (χ0) is 15.4. The third kappa shape index (κ3) is 3.74. The molecule has 1 aliphatic heterocycles. The predicted octanol–water partition coefficient (Wildman–Crippen LogP) is 1.08. The molecule has 5 nitrogen and oxygen atoms in total.